The number of hydrogen-bond donors (Lipinski definition) is 0. The van der Waals surface area contributed by atoms with Gasteiger partial charge in [-0.3, -0.25) is 9.59 Å². The number of esters is 1. The summed E-state index contributed by atoms with van der Waals surface area (Å²) in [7, 11) is 3.16. The highest BCUT2D eigenvalue weighted by atomic mass is 16.5. The van der Waals surface area contributed by atoms with E-state index in [2.05, 4.69) is 0 Å². The van der Waals surface area contributed by atoms with Crippen molar-refractivity contribution < 1.29 is 23.8 Å². The molecule has 0 aromatic heterocycles. The van der Waals surface area contributed by atoms with Gasteiger partial charge in [0.25, 0.3) is 0 Å². The third kappa shape index (κ3) is 4.91. The largest absolute Gasteiger partial charge is 0.497 e. The van der Waals surface area contributed by atoms with Gasteiger partial charge in [-0.05, 0) is 37.1 Å². The summed E-state index contributed by atoms with van der Waals surface area (Å²) in [6.45, 7) is 2.00. The highest BCUT2D eigenvalue weighted by molar-refractivity contribution is 5.95. The highest BCUT2D eigenvalue weighted by Crippen LogP contribution is 2.25. The third-order valence-electron chi connectivity index (χ3n) is 2.81. The molecule has 0 N–H and O–H groups in total. The normalized spacial score (nSPS) is 9.95. The molecule has 0 amide bonds. The van der Waals surface area contributed by atoms with Crippen LogP contribution in [0.5, 0.6) is 11.5 Å². The smallest absolute Gasteiger partial charge is 0.313 e. The van der Waals surface area contributed by atoms with E-state index in [0.29, 0.717) is 17.9 Å². The second-order valence-corrected chi connectivity index (χ2v) is 4.20. The molecule has 0 spiro atoms. The molecule has 0 atom stereocenters. The second-order valence-electron chi connectivity index (χ2n) is 4.20. The summed E-state index contributed by atoms with van der Waals surface area (Å²) in [4.78, 5) is 22.9. The van der Waals surface area contributed by atoms with Gasteiger partial charge in [0.2, 0.25) is 0 Å². The molecule has 0 unspecified atom stereocenters. The monoisotopic (exact) mass is 280 g/mol. The fourth-order valence-corrected chi connectivity index (χ4v) is 1.81. The zero-order chi connectivity index (χ0) is 15.0. The quantitative estimate of drug-likeness (QED) is 0.539. The molecule has 0 aliphatic carbocycles. The molecule has 0 saturated heterocycles. The number of carbonyl (C=O) groups excluding carboxylic acids is 2. The van der Waals surface area contributed by atoms with Gasteiger partial charge in [0.05, 0.1) is 20.8 Å². The molecule has 0 aliphatic rings. The van der Waals surface area contributed by atoms with Crippen LogP contribution in [0.2, 0.25) is 0 Å². The zero-order valence-electron chi connectivity index (χ0n) is 12.1. The van der Waals surface area contributed by atoms with Gasteiger partial charge in [0.15, 0.2) is 0 Å². The Bertz CT molecular complexity index is 467. The summed E-state index contributed by atoms with van der Waals surface area (Å²) in [6.07, 6.45) is 0.584. The minimum atomic E-state index is -0.477. The zero-order valence-corrected chi connectivity index (χ0v) is 12.1. The van der Waals surface area contributed by atoms with E-state index in [9.17, 15) is 9.59 Å². The molecule has 1 aromatic rings. The molecular weight excluding hydrogens is 260 g/mol. The number of rotatable bonds is 8. The van der Waals surface area contributed by atoms with Crippen molar-refractivity contribution in [3.05, 3.63) is 23.8 Å². The summed E-state index contributed by atoms with van der Waals surface area (Å²) in [5.74, 6) is 0.789. The van der Waals surface area contributed by atoms with Crippen LogP contribution in [-0.4, -0.2) is 32.6 Å². The first kappa shape index (κ1) is 16.0. The molecule has 0 radical (unpaired) electrons. The van der Waals surface area contributed by atoms with Crippen molar-refractivity contribution in [2.24, 2.45) is 0 Å². The number of carbonyl (C=O) groups is 2. The number of Topliss-reactive ketones (excluding diaryl/α,β-unsaturated/α-hetero) is 1. The van der Waals surface area contributed by atoms with Gasteiger partial charge in [-0.2, -0.15) is 0 Å². The topological polar surface area (TPSA) is 61.8 Å². The molecule has 0 saturated carbocycles. The summed E-state index contributed by atoms with van der Waals surface area (Å²) in [5.41, 5.74) is 0.879. The van der Waals surface area contributed by atoms with Crippen molar-refractivity contribution in [2.45, 2.75) is 26.2 Å². The van der Waals surface area contributed by atoms with Gasteiger partial charge < -0.3 is 14.2 Å². The average molecular weight is 280 g/mol. The number of ketones is 1. The summed E-state index contributed by atoms with van der Waals surface area (Å²) in [5, 5.41) is 0. The number of benzene rings is 1. The Kier molecular flexibility index (Phi) is 6.56. The van der Waals surface area contributed by atoms with E-state index < -0.39 is 5.97 Å². The van der Waals surface area contributed by atoms with Crippen LogP contribution in [0, 0.1) is 0 Å². The molecule has 5 nitrogen and oxygen atoms in total. The molecule has 0 bridgehead atoms. The maximum atomic E-state index is 11.7. The SMILES string of the molecule is CCOC(=O)CC(=O)CCc1cc(OC)ccc1OC. The van der Waals surface area contributed by atoms with Gasteiger partial charge in [-0.1, -0.05) is 0 Å². The lowest BCUT2D eigenvalue weighted by Crippen LogP contribution is -2.11. The molecular formula is C15H20O5. The van der Waals surface area contributed by atoms with Crippen molar-refractivity contribution in [3.63, 3.8) is 0 Å². The maximum Gasteiger partial charge on any atom is 0.313 e. The van der Waals surface area contributed by atoms with E-state index in [0.717, 1.165) is 5.56 Å². The lowest BCUT2D eigenvalue weighted by atomic mass is 10.0. The lowest BCUT2D eigenvalue weighted by Gasteiger charge is -2.10. The predicted octanol–water partition coefficient (Wildman–Crippen LogP) is 2.16. The Hall–Kier alpha value is -2.04. The van der Waals surface area contributed by atoms with Crippen molar-refractivity contribution in [1.82, 2.24) is 0 Å². The van der Waals surface area contributed by atoms with Gasteiger partial charge in [-0.15, -0.1) is 0 Å². The molecule has 0 fully saturated rings. The summed E-state index contributed by atoms with van der Waals surface area (Å²) in [6, 6.07) is 5.42. The van der Waals surface area contributed by atoms with Crippen molar-refractivity contribution >= 4 is 11.8 Å². The first-order chi connectivity index (χ1) is 9.60. The number of aryl methyl sites for hydroxylation is 1. The predicted molar refractivity (Wildman–Crippen MR) is 74.1 cm³/mol. The molecule has 5 heteroatoms. The number of ether oxygens (including phenoxy) is 3. The van der Waals surface area contributed by atoms with Crippen LogP contribution in [0.3, 0.4) is 0 Å². The Morgan fingerprint density at radius 3 is 2.50 bits per heavy atom. The van der Waals surface area contributed by atoms with Crippen LogP contribution in [0.25, 0.3) is 0 Å². The molecule has 20 heavy (non-hydrogen) atoms. The van der Waals surface area contributed by atoms with Crippen LogP contribution in [0.1, 0.15) is 25.3 Å². The summed E-state index contributed by atoms with van der Waals surface area (Å²) >= 11 is 0. The van der Waals surface area contributed by atoms with E-state index >= 15 is 0 Å². The van der Waals surface area contributed by atoms with Crippen LogP contribution in [-0.2, 0) is 20.7 Å². The Morgan fingerprint density at radius 2 is 1.90 bits per heavy atom. The van der Waals surface area contributed by atoms with Gasteiger partial charge >= 0.3 is 5.97 Å². The van der Waals surface area contributed by atoms with E-state index in [1.807, 2.05) is 6.07 Å². The second kappa shape index (κ2) is 8.19. The number of methoxy groups -OCH3 is 2. The standard InChI is InChI=1S/C15H20O5/c1-4-20-15(17)10-12(16)6-5-11-9-13(18-2)7-8-14(11)19-3/h7-9H,4-6,10H2,1-3H3. The average Bonchev–Trinajstić information content (AvgIpc) is 2.44. The minimum Gasteiger partial charge on any atom is -0.497 e. The maximum absolute atomic E-state index is 11.7. The van der Waals surface area contributed by atoms with E-state index in [1.165, 1.54) is 0 Å². The van der Waals surface area contributed by atoms with Crippen molar-refractivity contribution in [1.29, 1.82) is 0 Å². The first-order valence-electron chi connectivity index (χ1n) is 6.49. The van der Waals surface area contributed by atoms with E-state index in [4.69, 9.17) is 14.2 Å². The van der Waals surface area contributed by atoms with Crippen LogP contribution in [0.4, 0.5) is 0 Å². The Morgan fingerprint density at radius 1 is 1.15 bits per heavy atom. The fraction of sp³-hybridized carbons (Fsp3) is 0.467. The highest BCUT2D eigenvalue weighted by Gasteiger charge is 2.12. The molecule has 1 rings (SSSR count). The first-order valence-corrected chi connectivity index (χ1v) is 6.49. The van der Waals surface area contributed by atoms with Gasteiger partial charge in [0.1, 0.15) is 23.7 Å². The third-order valence-corrected chi connectivity index (χ3v) is 2.81. The lowest BCUT2D eigenvalue weighted by molar-refractivity contribution is -0.145. The fourth-order valence-electron chi connectivity index (χ4n) is 1.81. The van der Waals surface area contributed by atoms with Crippen molar-refractivity contribution in [3.8, 4) is 11.5 Å². The van der Waals surface area contributed by atoms with Crippen LogP contribution >= 0.6 is 0 Å². The van der Waals surface area contributed by atoms with Crippen LogP contribution in [0.15, 0.2) is 18.2 Å². The molecule has 1 aromatic carbocycles. The van der Waals surface area contributed by atoms with Crippen molar-refractivity contribution in [2.75, 3.05) is 20.8 Å². The number of hydrogen-bond acceptors (Lipinski definition) is 5. The molecule has 110 valence electrons. The van der Waals surface area contributed by atoms with Gasteiger partial charge in [-0.25, -0.2) is 0 Å². The van der Waals surface area contributed by atoms with Crippen LogP contribution < -0.4 is 9.47 Å². The van der Waals surface area contributed by atoms with Gasteiger partial charge in [0, 0.05) is 6.42 Å². The Balaban J connectivity index is 2.60. The Labute approximate surface area is 118 Å². The van der Waals surface area contributed by atoms with E-state index in [1.54, 1.807) is 33.3 Å². The summed E-state index contributed by atoms with van der Waals surface area (Å²) < 4.78 is 15.1. The molecule has 0 aliphatic heterocycles. The van der Waals surface area contributed by atoms with E-state index in [-0.39, 0.29) is 25.2 Å². The molecule has 0 heterocycles. The minimum absolute atomic E-state index is 0.145.